The number of carbonyl (C=O) groups excluding carboxylic acids is 2. The number of hydrogen-bond acceptors (Lipinski definition) is 4. The van der Waals surface area contributed by atoms with Crippen molar-refractivity contribution in [2.45, 2.75) is 50.2 Å². The molecule has 4 rings (SSSR count). The summed E-state index contributed by atoms with van der Waals surface area (Å²) in [5.74, 6) is -0.906. The number of carbonyl (C=O) groups is 2. The minimum atomic E-state index is -4.25. The molecule has 0 saturated carbocycles. The fourth-order valence-electron chi connectivity index (χ4n) is 4.68. The number of halogens is 2. The van der Waals surface area contributed by atoms with Crippen LogP contribution >= 0.6 is 23.2 Å². The molecule has 230 valence electrons. The zero-order valence-electron chi connectivity index (χ0n) is 24.8. The van der Waals surface area contributed by atoms with E-state index in [1.54, 1.807) is 18.2 Å². The van der Waals surface area contributed by atoms with Gasteiger partial charge in [-0.05, 0) is 74.4 Å². The van der Waals surface area contributed by atoms with Crippen LogP contribution in [0.2, 0.25) is 10.0 Å². The van der Waals surface area contributed by atoms with Gasteiger partial charge in [-0.3, -0.25) is 13.9 Å². The summed E-state index contributed by atoms with van der Waals surface area (Å²) >= 11 is 12.3. The van der Waals surface area contributed by atoms with Crippen LogP contribution in [-0.2, 0) is 32.6 Å². The van der Waals surface area contributed by atoms with Gasteiger partial charge in [0.25, 0.3) is 10.0 Å². The van der Waals surface area contributed by atoms with Crippen LogP contribution in [0.4, 0.5) is 5.69 Å². The maximum Gasteiger partial charge on any atom is 0.264 e. The van der Waals surface area contributed by atoms with Gasteiger partial charge in [0, 0.05) is 28.5 Å². The average Bonchev–Trinajstić information content (AvgIpc) is 2.98. The largest absolute Gasteiger partial charge is 0.350 e. The van der Waals surface area contributed by atoms with E-state index in [4.69, 9.17) is 23.2 Å². The number of sulfonamides is 1. The number of nitrogens with one attached hydrogen (secondary N) is 1. The zero-order valence-corrected chi connectivity index (χ0v) is 27.1. The van der Waals surface area contributed by atoms with Gasteiger partial charge in [0.05, 0.1) is 10.6 Å². The van der Waals surface area contributed by atoms with E-state index >= 15 is 0 Å². The molecule has 4 aromatic rings. The first-order valence-electron chi connectivity index (χ1n) is 14.1. The molecule has 0 aliphatic heterocycles. The summed E-state index contributed by atoms with van der Waals surface area (Å²) in [6.45, 7) is 5.11. The summed E-state index contributed by atoms with van der Waals surface area (Å²) in [5, 5.41) is 3.70. The van der Waals surface area contributed by atoms with Crippen LogP contribution in [-0.4, -0.2) is 43.3 Å². The Balaban J connectivity index is 1.80. The molecule has 0 fully saturated rings. The Morgan fingerprint density at radius 1 is 0.773 bits per heavy atom. The molecule has 1 atom stereocenters. The topological polar surface area (TPSA) is 86.8 Å². The summed E-state index contributed by atoms with van der Waals surface area (Å²) in [4.78, 5) is 29.7. The normalized spacial score (nSPS) is 12.3. The molecular weight excluding hydrogens is 617 g/mol. The zero-order chi connectivity index (χ0) is 31.9. The molecule has 44 heavy (non-hydrogen) atoms. The van der Waals surface area contributed by atoms with Crippen LogP contribution in [0.25, 0.3) is 0 Å². The van der Waals surface area contributed by atoms with Gasteiger partial charge in [-0.25, -0.2) is 8.42 Å². The second-order valence-corrected chi connectivity index (χ2v) is 14.1. The highest BCUT2D eigenvalue weighted by Gasteiger charge is 2.35. The molecule has 0 saturated heterocycles. The number of benzene rings is 4. The second-order valence-electron chi connectivity index (χ2n) is 11.4. The van der Waals surface area contributed by atoms with Crippen molar-refractivity contribution in [2.75, 3.05) is 10.8 Å². The van der Waals surface area contributed by atoms with E-state index in [2.05, 4.69) is 5.32 Å². The van der Waals surface area contributed by atoms with Crippen molar-refractivity contribution < 1.29 is 18.0 Å². The first kappa shape index (κ1) is 33.1. The summed E-state index contributed by atoms with van der Waals surface area (Å²) in [7, 11) is -4.25. The predicted octanol–water partition coefficient (Wildman–Crippen LogP) is 6.74. The van der Waals surface area contributed by atoms with Crippen LogP contribution in [0, 0.1) is 0 Å². The monoisotopic (exact) mass is 651 g/mol. The molecule has 1 N–H and O–H groups in total. The molecule has 0 spiro atoms. The maximum absolute atomic E-state index is 14.4. The van der Waals surface area contributed by atoms with Crippen LogP contribution in [0.5, 0.6) is 0 Å². The van der Waals surface area contributed by atoms with E-state index in [0.29, 0.717) is 10.0 Å². The molecule has 0 bridgehead atoms. The summed E-state index contributed by atoms with van der Waals surface area (Å²) in [6, 6.07) is 29.8. The standard InChI is InChI=1S/C34H35Cl2N3O4S/c1-34(2,3)37-33(41)31(21-25-11-6-4-7-12-25)38(23-26-13-8-5-9-14-26)32(40)24-39(29-16-10-15-28(36)22-29)44(42,43)30-19-17-27(35)18-20-30/h4-20,22,31H,21,23-24H2,1-3H3,(H,37,41)/t31-/m0/s1. The predicted molar refractivity (Wildman–Crippen MR) is 176 cm³/mol. The smallest absolute Gasteiger partial charge is 0.264 e. The quantitative estimate of drug-likeness (QED) is 0.194. The number of amides is 2. The summed E-state index contributed by atoms with van der Waals surface area (Å²) in [5.41, 5.74) is 1.28. The first-order chi connectivity index (χ1) is 20.8. The molecule has 0 aromatic heterocycles. The number of hydrogen-bond donors (Lipinski definition) is 1. The van der Waals surface area contributed by atoms with Gasteiger partial charge in [0.15, 0.2) is 0 Å². The molecule has 0 aliphatic rings. The van der Waals surface area contributed by atoms with E-state index in [9.17, 15) is 18.0 Å². The Labute approximate surface area is 269 Å². The van der Waals surface area contributed by atoms with Crippen molar-refractivity contribution in [2.24, 2.45) is 0 Å². The van der Waals surface area contributed by atoms with Crippen LogP contribution in [0.3, 0.4) is 0 Å². The van der Waals surface area contributed by atoms with E-state index < -0.39 is 34.1 Å². The Morgan fingerprint density at radius 2 is 1.36 bits per heavy atom. The highest BCUT2D eigenvalue weighted by molar-refractivity contribution is 7.92. The van der Waals surface area contributed by atoms with Gasteiger partial charge in [0.2, 0.25) is 11.8 Å². The number of nitrogens with zero attached hydrogens (tertiary/aromatic N) is 2. The van der Waals surface area contributed by atoms with Crippen molar-refractivity contribution in [1.29, 1.82) is 0 Å². The summed E-state index contributed by atoms with van der Waals surface area (Å²) < 4.78 is 29.1. The van der Waals surface area contributed by atoms with E-state index in [-0.39, 0.29) is 29.5 Å². The molecule has 0 heterocycles. The third kappa shape index (κ3) is 8.85. The Bertz CT molecular complexity index is 1680. The molecular formula is C34H35Cl2N3O4S. The van der Waals surface area contributed by atoms with Crippen molar-refractivity contribution in [3.05, 3.63) is 130 Å². The Hall–Kier alpha value is -3.85. The third-order valence-corrected chi connectivity index (χ3v) is 9.02. The lowest BCUT2D eigenvalue weighted by molar-refractivity contribution is -0.140. The lowest BCUT2D eigenvalue weighted by Crippen LogP contribution is -2.56. The van der Waals surface area contributed by atoms with Crippen molar-refractivity contribution >= 4 is 50.7 Å². The number of anilines is 1. The van der Waals surface area contributed by atoms with Gasteiger partial charge in [-0.2, -0.15) is 0 Å². The fraction of sp³-hybridized carbons (Fsp3) is 0.235. The van der Waals surface area contributed by atoms with Gasteiger partial charge < -0.3 is 10.2 Å². The van der Waals surface area contributed by atoms with Crippen molar-refractivity contribution in [1.82, 2.24) is 10.2 Å². The van der Waals surface area contributed by atoms with Crippen molar-refractivity contribution in [3.8, 4) is 0 Å². The average molecular weight is 653 g/mol. The molecule has 0 aliphatic carbocycles. The van der Waals surface area contributed by atoms with Gasteiger partial charge in [-0.15, -0.1) is 0 Å². The van der Waals surface area contributed by atoms with Crippen molar-refractivity contribution in [3.63, 3.8) is 0 Å². The van der Waals surface area contributed by atoms with E-state index in [1.807, 2.05) is 81.4 Å². The molecule has 4 aromatic carbocycles. The van der Waals surface area contributed by atoms with E-state index in [0.717, 1.165) is 15.4 Å². The molecule has 2 amide bonds. The second kappa shape index (κ2) is 14.3. The minimum Gasteiger partial charge on any atom is -0.350 e. The third-order valence-electron chi connectivity index (χ3n) is 6.74. The molecule has 0 radical (unpaired) electrons. The van der Waals surface area contributed by atoms with Gasteiger partial charge >= 0.3 is 0 Å². The van der Waals surface area contributed by atoms with Gasteiger partial charge in [0.1, 0.15) is 12.6 Å². The van der Waals surface area contributed by atoms with Crippen LogP contribution in [0.1, 0.15) is 31.9 Å². The lowest BCUT2D eigenvalue weighted by Gasteiger charge is -2.35. The summed E-state index contributed by atoms with van der Waals surface area (Å²) in [6.07, 6.45) is 0.225. The maximum atomic E-state index is 14.4. The Morgan fingerprint density at radius 3 is 1.93 bits per heavy atom. The Kier molecular flexibility index (Phi) is 10.7. The highest BCUT2D eigenvalue weighted by Crippen LogP contribution is 2.28. The highest BCUT2D eigenvalue weighted by atomic mass is 35.5. The molecule has 0 unspecified atom stereocenters. The van der Waals surface area contributed by atoms with Crippen LogP contribution < -0.4 is 9.62 Å². The fourth-order valence-corrected chi connectivity index (χ4v) is 6.40. The van der Waals surface area contributed by atoms with Crippen LogP contribution in [0.15, 0.2) is 114 Å². The van der Waals surface area contributed by atoms with Gasteiger partial charge in [-0.1, -0.05) is 89.9 Å². The molecule has 7 nitrogen and oxygen atoms in total. The SMILES string of the molecule is CC(C)(C)NC(=O)[C@H](Cc1ccccc1)N(Cc1ccccc1)C(=O)CN(c1cccc(Cl)c1)S(=O)(=O)c1ccc(Cl)cc1. The first-order valence-corrected chi connectivity index (χ1v) is 16.3. The van der Waals surface area contributed by atoms with E-state index in [1.165, 1.54) is 35.2 Å². The lowest BCUT2D eigenvalue weighted by atomic mass is 10.0. The number of rotatable bonds is 11. The molecule has 10 heteroatoms. The minimum absolute atomic E-state index is 0.0457.